The van der Waals surface area contributed by atoms with E-state index < -0.39 is 17.2 Å². The predicted octanol–water partition coefficient (Wildman–Crippen LogP) is 5.35. The molecule has 38 heavy (non-hydrogen) atoms. The average molecular weight is 549 g/mol. The second kappa shape index (κ2) is 13.3. The van der Waals surface area contributed by atoms with Gasteiger partial charge in [0.05, 0.1) is 24.8 Å². The van der Waals surface area contributed by atoms with Gasteiger partial charge in [0.15, 0.2) is 0 Å². The van der Waals surface area contributed by atoms with Crippen LogP contribution in [-0.4, -0.2) is 26.8 Å². The molecule has 4 rings (SSSR count). The minimum atomic E-state index is -2.39. The van der Waals surface area contributed by atoms with Gasteiger partial charge in [0.25, 0.3) is 0 Å². The number of anilines is 1. The summed E-state index contributed by atoms with van der Waals surface area (Å²) in [6.45, 7) is 2.05. The van der Waals surface area contributed by atoms with Crippen molar-refractivity contribution in [2.75, 3.05) is 11.8 Å². The van der Waals surface area contributed by atoms with Crippen LogP contribution >= 0.6 is 11.3 Å². The quantitative estimate of drug-likeness (QED) is 0.233. The Morgan fingerprint density at radius 2 is 1.68 bits per heavy atom. The summed E-state index contributed by atoms with van der Waals surface area (Å²) in [5.74, 6) is 0.0819. The van der Waals surface area contributed by atoms with Crippen molar-refractivity contribution in [1.29, 1.82) is 0 Å². The van der Waals surface area contributed by atoms with Crippen LogP contribution in [0, 0.1) is 0 Å². The van der Waals surface area contributed by atoms with E-state index in [0.29, 0.717) is 24.3 Å². The van der Waals surface area contributed by atoms with Gasteiger partial charge in [-0.3, -0.25) is 9.00 Å². The number of aryl methyl sites for hydroxylation is 1. The number of aromatic nitrogens is 1. The smallest absolute Gasteiger partial charge is 0.228 e. The summed E-state index contributed by atoms with van der Waals surface area (Å²) in [5.41, 5.74) is 4.28. The first-order valence-electron chi connectivity index (χ1n) is 12.3. The number of para-hydroxylation sites is 1. The van der Waals surface area contributed by atoms with Crippen LogP contribution in [0.1, 0.15) is 46.3 Å². The Morgan fingerprint density at radius 1 is 1.00 bits per heavy atom. The zero-order chi connectivity index (χ0) is 26.9. The van der Waals surface area contributed by atoms with Crippen molar-refractivity contribution >= 4 is 34.2 Å². The highest BCUT2D eigenvalue weighted by molar-refractivity contribution is 7.80. The van der Waals surface area contributed by atoms with Gasteiger partial charge in [-0.25, -0.2) is 4.98 Å². The molecule has 0 aliphatic heterocycles. The first-order chi connectivity index (χ1) is 18.5. The van der Waals surface area contributed by atoms with E-state index in [1.807, 2.05) is 72.1 Å². The topological polar surface area (TPSA) is 103 Å². The summed E-state index contributed by atoms with van der Waals surface area (Å²) in [6, 6.07) is 24.3. The van der Waals surface area contributed by atoms with E-state index in [1.165, 1.54) is 11.3 Å². The standard InChI is InChI=1S/C29H31N3O4S2/c1-3-22-19-37-29(30-22)26(18-21-13-15-23(16-14-21)32-38(34)35)31-28(33)25(17-20-9-5-4-6-10-20)24-11-7-8-12-27(24)36-2/h4-16,19,25-26,32H,3,17-18H2,1-2H3,(H,31,33)(H,34,35)/p-1/t25?,26-/m0/s1. The van der Waals surface area contributed by atoms with Crippen molar-refractivity contribution in [2.24, 2.45) is 0 Å². The van der Waals surface area contributed by atoms with Gasteiger partial charge in [0.2, 0.25) is 5.91 Å². The molecule has 0 fully saturated rings. The van der Waals surface area contributed by atoms with Gasteiger partial charge < -0.3 is 19.3 Å². The zero-order valence-corrected chi connectivity index (χ0v) is 22.9. The van der Waals surface area contributed by atoms with Crippen LogP contribution < -0.4 is 14.8 Å². The van der Waals surface area contributed by atoms with E-state index in [1.54, 1.807) is 19.2 Å². The summed E-state index contributed by atoms with van der Waals surface area (Å²) in [5, 5.41) is 6.13. The number of nitrogens with one attached hydrogen (secondary N) is 2. The molecule has 2 unspecified atom stereocenters. The number of nitrogens with zero attached hydrogens (tertiary/aromatic N) is 1. The Balaban J connectivity index is 1.64. The Bertz CT molecular complexity index is 1360. The Hall–Kier alpha value is -3.53. The van der Waals surface area contributed by atoms with E-state index in [0.717, 1.165) is 33.8 Å². The molecule has 3 aromatic carbocycles. The van der Waals surface area contributed by atoms with Crippen molar-refractivity contribution in [3.05, 3.63) is 112 Å². The number of benzene rings is 3. The second-order valence-corrected chi connectivity index (χ2v) is 10.4. The van der Waals surface area contributed by atoms with Gasteiger partial charge in [-0.2, -0.15) is 0 Å². The Kier molecular flexibility index (Phi) is 9.64. The average Bonchev–Trinajstić information content (AvgIpc) is 3.42. The van der Waals surface area contributed by atoms with Gasteiger partial charge in [0.1, 0.15) is 10.8 Å². The molecule has 0 aliphatic rings. The van der Waals surface area contributed by atoms with Crippen LogP contribution in [0.5, 0.6) is 5.75 Å². The molecule has 1 aromatic heterocycles. The van der Waals surface area contributed by atoms with Crippen molar-refractivity contribution in [1.82, 2.24) is 10.3 Å². The normalized spacial score (nSPS) is 13.3. The van der Waals surface area contributed by atoms with Crippen molar-refractivity contribution in [3.8, 4) is 5.75 Å². The third kappa shape index (κ3) is 7.28. The molecule has 1 amide bonds. The molecule has 4 aromatic rings. The number of rotatable bonds is 12. The van der Waals surface area contributed by atoms with Gasteiger partial charge in [-0.05, 0) is 48.6 Å². The van der Waals surface area contributed by atoms with Crippen molar-refractivity contribution in [3.63, 3.8) is 0 Å². The molecular formula is C29H30N3O4S2-. The van der Waals surface area contributed by atoms with Crippen molar-refractivity contribution in [2.45, 2.75) is 38.1 Å². The van der Waals surface area contributed by atoms with Crippen LogP contribution in [0.15, 0.2) is 84.2 Å². The van der Waals surface area contributed by atoms with E-state index in [2.05, 4.69) is 17.0 Å². The van der Waals surface area contributed by atoms with Crippen LogP contribution in [0.3, 0.4) is 0 Å². The van der Waals surface area contributed by atoms with Crippen LogP contribution in [0.25, 0.3) is 0 Å². The number of hydrogen-bond acceptors (Lipinski definition) is 6. The number of amides is 1. The summed E-state index contributed by atoms with van der Waals surface area (Å²) in [4.78, 5) is 18.7. The summed E-state index contributed by atoms with van der Waals surface area (Å²) < 4.78 is 29.9. The molecular weight excluding hydrogens is 518 g/mol. The minimum Gasteiger partial charge on any atom is -0.755 e. The molecule has 0 spiro atoms. The number of carbonyl (C=O) groups excluding carboxylic acids is 1. The molecule has 198 valence electrons. The lowest BCUT2D eigenvalue weighted by molar-refractivity contribution is -0.123. The van der Waals surface area contributed by atoms with Gasteiger partial charge in [-0.15, -0.1) is 11.3 Å². The van der Waals surface area contributed by atoms with E-state index in [4.69, 9.17) is 9.72 Å². The van der Waals surface area contributed by atoms with E-state index in [-0.39, 0.29) is 11.9 Å². The van der Waals surface area contributed by atoms with E-state index >= 15 is 0 Å². The minimum absolute atomic E-state index is 0.114. The van der Waals surface area contributed by atoms with Gasteiger partial charge >= 0.3 is 0 Å². The first kappa shape index (κ1) is 27.5. The van der Waals surface area contributed by atoms with Crippen molar-refractivity contribution < 1.29 is 18.3 Å². The molecule has 0 bridgehead atoms. The SMILES string of the molecule is CCc1csc([C@H](Cc2ccc(NS(=O)[O-])cc2)NC(=O)C(Cc2ccccc2)c2ccccc2OC)n1. The molecule has 7 nitrogen and oxygen atoms in total. The fourth-order valence-corrected chi connectivity index (χ4v) is 5.59. The van der Waals surface area contributed by atoms with Gasteiger partial charge in [0, 0.05) is 27.9 Å². The monoisotopic (exact) mass is 548 g/mol. The summed E-state index contributed by atoms with van der Waals surface area (Å²) >= 11 is -0.859. The third-order valence-electron chi connectivity index (χ3n) is 6.25. The van der Waals surface area contributed by atoms with E-state index in [9.17, 15) is 13.6 Å². The molecule has 0 aliphatic carbocycles. The maximum absolute atomic E-state index is 14.0. The third-order valence-corrected chi connectivity index (χ3v) is 7.66. The van der Waals surface area contributed by atoms with Crippen LogP contribution in [0.4, 0.5) is 5.69 Å². The largest absolute Gasteiger partial charge is 0.755 e. The number of hydrogen-bond donors (Lipinski definition) is 2. The Morgan fingerprint density at radius 3 is 2.34 bits per heavy atom. The maximum Gasteiger partial charge on any atom is 0.228 e. The number of ether oxygens (including phenoxy) is 1. The van der Waals surface area contributed by atoms with Crippen LogP contribution in [0.2, 0.25) is 0 Å². The fourth-order valence-electron chi connectivity index (χ4n) is 4.31. The predicted molar refractivity (Wildman–Crippen MR) is 151 cm³/mol. The van der Waals surface area contributed by atoms with Gasteiger partial charge in [-0.1, -0.05) is 67.6 Å². The molecule has 3 atom stereocenters. The highest BCUT2D eigenvalue weighted by Gasteiger charge is 2.28. The Labute approximate surface area is 229 Å². The lowest BCUT2D eigenvalue weighted by Crippen LogP contribution is -2.35. The first-order valence-corrected chi connectivity index (χ1v) is 14.3. The number of carbonyl (C=O) groups is 1. The summed E-state index contributed by atoms with van der Waals surface area (Å²) in [7, 11) is 1.61. The highest BCUT2D eigenvalue weighted by Crippen LogP contribution is 2.31. The fraction of sp³-hybridized carbons (Fsp3) is 0.241. The summed E-state index contributed by atoms with van der Waals surface area (Å²) in [6.07, 6.45) is 1.83. The highest BCUT2D eigenvalue weighted by atomic mass is 32.2. The maximum atomic E-state index is 14.0. The number of methoxy groups -OCH3 is 1. The molecule has 1 heterocycles. The lowest BCUT2D eigenvalue weighted by atomic mass is 9.90. The number of thiazole rings is 1. The molecule has 2 N–H and O–H groups in total. The molecule has 0 saturated carbocycles. The molecule has 0 radical (unpaired) electrons. The lowest BCUT2D eigenvalue weighted by Gasteiger charge is -2.24. The van der Waals surface area contributed by atoms with Crippen LogP contribution in [-0.2, 0) is 35.3 Å². The molecule has 0 saturated heterocycles. The zero-order valence-electron chi connectivity index (χ0n) is 21.3. The molecule has 9 heteroatoms. The second-order valence-electron chi connectivity index (χ2n) is 8.81.